The molecule has 1 aliphatic rings. The molecule has 0 saturated heterocycles. The number of carboxylic acids is 1. The van der Waals surface area contributed by atoms with Crippen molar-refractivity contribution < 1.29 is 24.0 Å². The molecule has 1 aromatic rings. The topological polar surface area (TPSA) is 101 Å². The summed E-state index contributed by atoms with van der Waals surface area (Å²) in [6.45, 7) is 1.35. The molecule has 0 spiro atoms. The molecule has 9 heteroatoms. The van der Waals surface area contributed by atoms with Gasteiger partial charge in [0.15, 0.2) is 0 Å². The monoisotopic (exact) mass is 374 g/mol. The van der Waals surface area contributed by atoms with Gasteiger partial charge in [0.25, 0.3) is 11.6 Å². The maximum Gasteiger partial charge on any atom is 0.326 e. The van der Waals surface area contributed by atoms with E-state index in [0.29, 0.717) is 18.9 Å². The normalized spacial score (nSPS) is 15.2. The highest BCUT2D eigenvalue weighted by molar-refractivity contribution is 9.10. The molecule has 1 aromatic carbocycles. The maximum atomic E-state index is 13.6. The average Bonchev–Trinajstić information content (AvgIpc) is 3.25. The van der Waals surface area contributed by atoms with Gasteiger partial charge in [0.05, 0.1) is 16.6 Å². The Bertz CT molecular complexity index is 662. The number of amides is 1. The van der Waals surface area contributed by atoms with E-state index in [2.05, 4.69) is 15.9 Å². The predicted molar refractivity (Wildman–Crippen MR) is 77.0 cm³/mol. The first-order valence-electron chi connectivity index (χ1n) is 6.43. The highest BCUT2D eigenvalue weighted by Gasteiger charge is 2.40. The summed E-state index contributed by atoms with van der Waals surface area (Å²) >= 11 is 2.94. The van der Waals surface area contributed by atoms with Crippen LogP contribution in [0.25, 0.3) is 0 Å². The summed E-state index contributed by atoms with van der Waals surface area (Å²) in [5.74, 6) is -2.87. The Balaban J connectivity index is 2.47. The zero-order chi connectivity index (χ0) is 16.6. The summed E-state index contributed by atoms with van der Waals surface area (Å²) in [6.07, 6.45) is 1.30. The van der Waals surface area contributed by atoms with Gasteiger partial charge in [-0.15, -0.1) is 0 Å². The van der Waals surface area contributed by atoms with Crippen molar-refractivity contribution in [1.29, 1.82) is 0 Å². The molecule has 1 unspecified atom stereocenters. The van der Waals surface area contributed by atoms with Gasteiger partial charge in [-0.05, 0) is 41.8 Å². The third kappa shape index (κ3) is 3.08. The van der Waals surface area contributed by atoms with Gasteiger partial charge in [-0.1, -0.05) is 0 Å². The number of carboxylic acid groups (broad SMARTS) is 1. The fourth-order valence-corrected chi connectivity index (χ4v) is 2.68. The number of hydrogen-bond donors (Lipinski definition) is 1. The number of carbonyl (C=O) groups is 2. The number of hydrogen-bond acceptors (Lipinski definition) is 4. The Morgan fingerprint density at radius 2 is 2.09 bits per heavy atom. The van der Waals surface area contributed by atoms with Crippen LogP contribution < -0.4 is 0 Å². The van der Waals surface area contributed by atoms with Crippen LogP contribution in [-0.2, 0) is 4.79 Å². The quantitative estimate of drug-likeness (QED) is 0.630. The van der Waals surface area contributed by atoms with Crippen LogP contribution in [0.1, 0.15) is 30.1 Å². The fraction of sp³-hybridized carbons (Fsp3) is 0.385. The van der Waals surface area contributed by atoms with E-state index in [0.717, 1.165) is 11.0 Å². The lowest BCUT2D eigenvalue weighted by Crippen LogP contribution is -2.44. The Morgan fingerprint density at radius 1 is 1.50 bits per heavy atom. The molecule has 1 aliphatic carbocycles. The van der Waals surface area contributed by atoms with E-state index in [1.165, 1.54) is 6.92 Å². The average molecular weight is 375 g/mol. The Hall–Kier alpha value is -2.03. The molecule has 1 amide bonds. The van der Waals surface area contributed by atoms with Crippen LogP contribution in [-0.4, -0.2) is 38.9 Å². The zero-order valence-electron chi connectivity index (χ0n) is 11.5. The molecule has 118 valence electrons. The second kappa shape index (κ2) is 5.99. The van der Waals surface area contributed by atoms with Crippen molar-refractivity contribution in [2.45, 2.75) is 31.8 Å². The van der Waals surface area contributed by atoms with Gasteiger partial charge in [0.2, 0.25) is 0 Å². The number of halogens is 2. The van der Waals surface area contributed by atoms with E-state index in [1.807, 2.05) is 0 Å². The first-order valence-corrected chi connectivity index (χ1v) is 7.22. The summed E-state index contributed by atoms with van der Waals surface area (Å²) in [5.41, 5.74) is -0.839. The van der Waals surface area contributed by atoms with E-state index >= 15 is 0 Å². The first-order chi connectivity index (χ1) is 10.2. The standard InChI is InChI=1S/C13H12BrFN2O5/c1-6(13(19)20)16(8-2-3-8)12(18)9-4-7(15)5-10(11(9)14)17(21)22/h4-6,8H,2-3H2,1H3,(H,19,20). The van der Waals surface area contributed by atoms with Crippen LogP contribution >= 0.6 is 15.9 Å². The molecule has 1 N–H and O–H groups in total. The molecule has 22 heavy (non-hydrogen) atoms. The molecular weight excluding hydrogens is 363 g/mol. The lowest BCUT2D eigenvalue weighted by atomic mass is 10.1. The van der Waals surface area contributed by atoms with Gasteiger partial charge < -0.3 is 10.0 Å². The van der Waals surface area contributed by atoms with Crippen molar-refractivity contribution >= 4 is 33.5 Å². The first kappa shape index (κ1) is 16.3. The third-order valence-electron chi connectivity index (χ3n) is 3.39. The van der Waals surface area contributed by atoms with Crippen LogP contribution in [0.3, 0.4) is 0 Å². The highest BCUT2D eigenvalue weighted by atomic mass is 79.9. The molecule has 1 atom stereocenters. The van der Waals surface area contributed by atoms with E-state index in [9.17, 15) is 24.1 Å². The van der Waals surface area contributed by atoms with Gasteiger partial charge in [-0.2, -0.15) is 0 Å². The number of nitrogens with zero attached hydrogens (tertiary/aromatic N) is 2. The van der Waals surface area contributed by atoms with Crippen molar-refractivity contribution in [3.05, 3.63) is 38.1 Å². The summed E-state index contributed by atoms with van der Waals surface area (Å²) in [4.78, 5) is 34.9. The van der Waals surface area contributed by atoms with Crippen molar-refractivity contribution in [2.24, 2.45) is 0 Å². The fourth-order valence-electron chi connectivity index (χ4n) is 2.13. The summed E-state index contributed by atoms with van der Waals surface area (Å²) in [6, 6.07) is 0.216. The van der Waals surface area contributed by atoms with Crippen molar-refractivity contribution in [3.63, 3.8) is 0 Å². The van der Waals surface area contributed by atoms with Gasteiger partial charge in [0.1, 0.15) is 16.3 Å². The minimum absolute atomic E-state index is 0.160. The number of aliphatic carboxylic acids is 1. The zero-order valence-corrected chi connectivity index (χ0v) is 13.0. The van der Waals surface area contributed by atoms with Gasteiger partial charge >= 0.3 is 5.97 Å². The molecule has 0 aliphatic heterocycles. The van der Waals surface area contributed by atoms with Crippen molar-refractivity contribution in [1.82, 2.24) is 4.90 Å². The number of carbonyl (C=O) groups excluding carboxylic acids is 1. The molecule has 7 nitrogen and oxygen atoms in total. The third-order valence-corrected chi connectivity index (χ3v) is 4.23. The lowest BCUT2D eigenvalue weighted by molar-refractivity contribution is -0.385. The molecule has 2 rings (SSSR count). The minimum atomic E-state index is -1.19. The number of rotatable bonds is 5. The molecular formula is C13H12BrFN2O5. The summed E-state index contributed by atoms with van der Waals surface area (Å²) < 4.78 is 13.4. The van der Waals surface area contributed by atoms with Gasteiger partial charge in [-0.3, -0.25) is 14.9 Å². The Morgan fingerprint density at radius 3 is 2.55 bits per heavy atom. The summed E-state index contributed by atoms with van der Waals surface area (Å²) in [7, 11) is 0. The Labute approximate surface area is 133 Å². The SMILES string of the molecule is CC(C(=O)O)N(C(=O)c1cc(F)cc([N+](=O)[O-])c1Br)C1CC1. The minimum Gasteiger partial charge on any atom is -0.480 e. The van der Waals surface area contributed by atoms with Crippen LogP contribution in [0.5, 0.6) is 0 Å². The van der Waals surface area contributed by atoms with Crippen LogP contribution in [0.2, 0.25) is 0 Å². The van der Waals surface area contributed by atoms with Gasteiger partial charge in [0, 0.05) is 6.04 Å². The largest absolute Gasteiger partial charge is 0.480 e. The number of benzene rings is 1. The van der Waals surface area contributed by atoms with E-state index < -0.39 is 34.3 Å². The highest BCUT2D eigenvalue weighted by Crippen LogP contribution is 2.35. The van der Waals surface area contributed by atoms with E-state index in [4.69, 9.17) is 5.11 Å². The van der Waals surface area contributed by atoms with Crippen molar-refractivity contribution in [2.75, 3.05) is 0 Å². The second-order valence-corrected chi connectivity index (χ2v) is 5.79. The van der Waals surface area contributed by atoms with Crippen molar-refractivity contribution in [3.8, 4) is 0 Å². The number of nitro benzene ring substituents is 1. The molecule has 0 bridgehead atoms. The smallest absolute Gasteiger partial charge is 0.326 e. The second-order valence-electron chi connectivity index (χ2n) is 5.00. The maximum absolute atomic E-state index is 13.6. The van der Waals surface area contributed by atoms with Crippen LogP contribution in [0, 0.1) is 15.9 Å². The van der Waals surface area contributed by atoms with Crippen LogP contribution in [0.4, 0.5) is 10.1 Å². The Kier molecular flexibility index (Phi) is 4.45. The van der Waals surface area contributed by atoms with Crippen LogP contribution in [0.15, 0.2) is 16.6 Å². The number of nitro groups is 1. The molecule has 0 radical (unpaired) electrons. The van der Waals surface area contributed by atoms with Gasteiger partial charge in [-0.25, -0.2) is 9.18 Å². The molecule has 1 fully saturated rings. The predicted octanol–water partition coefficient (Wildman–Crippen LogP) is 2.57. The van der Waals surface area contributed by atoms with E-state index in [1.54, 1.807) is 0 Å². The molecule has 0 heterocycles. The van der Waals surface area contributed by atoms with E-state index in [-0.39, 0.29) is 16.1 Å². The lowest BCUT2D eigenvalue weighted by Gasteiger charge is -2.26. The summed E-state index contributed by atoms with van der Waals surface area (Å²) in [5, 5.41) is 20.0. The molecule has 0 aromatic heterocycles. The molecule has 1 saturated carbocycles.